The normalized spacial score (nSPS) is 11.7. The van der Waals surface area contributed by atoms with Gasteiger partial charge in [0.1, 0.15) is 5.75 Å². The third kappa shape index (κ3) is 4.24. The minimum Gasteiger partial charge on any atom is -0.497 e. The summed E-state index contributed by atoms with van der Waals surface area (Å²) in [6.07, 6.45) is 0.342. The second kappa shape index (κ2) is 6.79. The van der Waals surface area contributed by atoms with Crippen LogP contribution in [0.1, 0.15) is 24.1 Å². The molecule has 21 heavy (non-hydrogen) atoms. The van der Waals surface area contributed by atoms with Crippen LogP contribution >= 0.6 is 0 Å². The van der Waals surface area contributed by atoms with E-state index in [9.17, 15) is 4.79 Å². The van der Waals surface area contributed by atoms with Crippen LogP contribution in [-0.2, 0) is 11.2 Å². The smallest absolute Gasteiger partial charge is 0.224 e. The lowest BCUT2D eigenvalue weighted by molar-refractivity contribution is -0.121. The summed E-state index contributed by atoms with van der Waals surface area (Å²) in [5, 5.41) is 2.98. The van der Waals surface area contributed by atoms with E-state index >= 15 is 0 Å². The van der Waals surface area contributed by atoms with Crippen LogP contribution in [0.15, 0.2) is 48.5 Å². The van der Waals surface area contributed by atoms with Crippen molar-refractivity contribution in [3.05, 3.63) is 59.7 Å². The van der Waals surface area contributed by atoms with Gasteiger partial charge in [0.25, 0.3) is 0 Å². The molecule has 0 aliphatic heterocycles. The number of anilines is 1. The first-order chi connectivity index (χ1) is 10.1. The van der Waals surface area contributed by atoms with Gasteiger partial charge in [-0.15, -0.1) is 0 Å². The van der Waals surface area contributed by atoms with E-state index in [2.05, 4.69) is 5.32 Å². The molecule has 3 N–H and O–H groups in total. The molecule has 0 unspecified atom stereocenters. The molecular formula is C17H20N2O2. The largest absolute Gasteiger partial charge is 0.497 e. The first-order valence-corrected chi connectivity index (χ1v) is 6.86. The molecule has 1 amide bonds. The second-order valence-electron chi connectivity index (χ2n) is 4.98. The van der Waals surface area contributed by atoms with Crippen LogP contribution in [-0.4, -0.2) is 13.0 Å². The molecule has 0 aromatic heterocycles. The number of amides is 1. The Bertz CT molecular complexity index is 608. The number of nitrogens with one attached hydrogen (secondary N) is 1. The Kier molecular flexibility index (Phi) is 4.82. The zero-order valence-corrected chi connectivity index (χ0v) is 12.3. The number of benzene rings is 2. The Morgan fingerprint density at radius 3 is 2.62 bits per heavy atom. The van der Waals surface area contributed by atoms with Crippen LogP contribution < -0.4 is 15.8 Å². The first kappa shape index (κ1) is 14.9. The Morgan fingerprint density at radius 2 is 1.95 bits per heavy atom. The Balaban J connectivity index is 1.96. The number of rotatable bonds is 5. The fourth-order valence-corrected chi connectivity index (χ4v) is 2.11. The number of carbonyl (C=O) groups is 1. The van der Waals surface area contributed by atoms with E-state index in [1.165, 1.54) is 0 Å². The van der Waals surface area contributed by atoms with Crippen LogP contribution in [0.3, 0.4) is 0 Å². The van der Waals surface area contributed by atoms with Crippen molar-refractivity contribution >= 4 is 11.6 Å². The van der Waals surface area contributed by atoms with E-state index in [1.54, 1.807) is 19.2 Å². The zero-order valence-electron chi connectivity index (χ0n) is 12.3. The molecule has 0 aliphatic rings. The van der Waals surface area contributed by atoms with Crippen molar-refractivity contribution in [2.75, 3.05) is 12.8 Å². The van der Waals surface area contributed by atoms with Crippen molar-refractivity contribution in [3.63, 3.8) is 0 Å². The SMILES string of the molecule is COc1cccc([C@H](C)NC(=O)Cc2ccc(N)cc2)c1. The summed E-state index contributed by atoms with van der Waals surface area (Å²) in [6.45, 7) is 1.95. The molecule has 0 saturated carbocycles. The molecule has 4 nitrogen and oxygen atoms in total. The Morgan fingerprint density at radius 1 is 1.24 bits per heavy atom. The molecule has 2 rings (SSSR count). The average molecular weight is 284 g/mol. The van der Waals surface area contributed by atoms with Crippen LogP contribution in [0.5, 0.6) is 5.75 Å². The average Bonchev–Trinajstić information content (AvgIpc) is 2.49. The molecule has 2 aromatic carbocycles. The van der Waals surface area contributed by atoms with Gasteiger partial charge in [0.05, 0.1) is 19.6 Å². The molecule has 0 aliphatic carbocycles. The van der Waals surface area contributed by atoms with Gasteiger partial charge in [-0.3, -0.25) is 4.79 Å². The third-order valence-electron chi connectivity index (χ3n) is 3.32. The zero-order chi connectivity index (χ0) is 15.2. The van der Waals surface area contributed by atoms with E-state index in [0.717, 1.165) is 16.9 Å². The van der Waals surface area contributed by atoms with Crippen LogP contribution in [0.2, 0.25) is 0 Å². The van der Waals surface area contributed by atoms with Crippen molar-refractivity contribution in [3.8, 4) is 5.75 Å². The van der Waals surface area contributed by atoms with Crippen molar-refractivity contribution < 1.29 is 9.53 Å². The maximum atomic E-state index is 12.1. The molecule has 4 heteroatoms. The minimum absolute atomic E-state index is 0.0184. The number of methoxy groups -OCH3 is 1. The van der Waals surface area contributed by atoms with E-state index in [4.69, 9.17) is 10.5 Å². The molecule has 0 fully saturated rings. The number of nitrogen functional groups attached to an aromatic ring is 1. The standard InChI is InChI=1S/C17H20N2O2/c1-12(14-4-3-5-16(11-14)21-2)19-17(20)10-13-6-8-15(18)9-7-13/h3-9,11-12H,10,18H2,1-2H3,(H,19,20)/t12-/m0/s1. The quantitative estimate of drug-likeness (QED) is 0.830. The van der Waals surface area contributed by atoms with E-state index < -0.39 is 0 Å². The highest BCUT2D eigenvalue weighted by atomic mass is 16.5. The first-order valence-electron chi connectivity index (χ1n) is 6.86. The van der Waals surface area contributed by atoms with Gasteiger partial charge in [-0.05, 0) is 42.3 Å². The Labute approximate surface area is 124 Å². The number of carbonyl (C=O) groups excluding carboxylic acids is 1. The topological polar surface area (TPSA) is 64.3 Å². The number of hydrogen-bond donors (Lipinski definition) is 2. The lowest BCUT2D eigenvalue weighted by Gasteiger charge is -2.15. The molecule has 110 valence electrons. The highest BCUT2D eigenvalue weighted by Gasteiger charge is 2.10. The summed E-state index contributed by atoms with van der Waals surface area (Å²) in [6, 6.07) is 15.0. The van der Waals surface area contributed by atoms with Crippen molar-refractivity contribution in [1.82, 2.24) is 5.32 Å². The molecule has 0 heterocycles. The van der Waals surface area contributed by atoms with E-state index in [-0.39, 0.29) is 11.9 Å². The summed E-state index contributed by atoms with van der Waals surface area (Å²) in [5.74, 6) is 0.766. The predicted octanol–water partition coefficient (Wildman–Crippen LogP) is 2.70. The fraction of sp³-hybridized carbons (Fsp3) is 0.235. The highest BCUT2D eigenvalue weighted by molar-refractivity contribution is 5.79. The van der Waals surface area contributed by atoms with Crippen molar-refractivity contribution in [2.24, 2.45) is 0 Å². The van der Waals surface area contributed by atoms with Crippen LogP contribution in [0, 0.1) is 0 Å². The predicted molar refractivity (Wildman–Crippen MR) is 84.1 cm³/mol. The lowest BCUT2D eigenvalue weighted by atomic mass is 10.1. The van der Waals surface area contributed by atoms with Crippen molar-refractivity contribution in [1.29, 1.82) is 0 Å². The van der Waals surface area contributed by atoms with Gasteiger partial charge in [0.2, 0.25) is 5.91 Å². The van der Waals surface area contributed by atoms with Gasteiger partial charge in [-0.2, -0.15) is 0 Å². The molecule has 0 radical (unpaired) electrons. The summed E-state index contributed by atoms with van der Waals surface area (Å²) in [7, 11) is 1.63. The van der Waals surface area contributed by atoms with Gasteiger partial charge in [-0.1, -0.05) is 24.3 Å². The maximum absolute atomic E-state index is 12.1. The molecule has 2 aromatic rings. The molecule has 0 spiro atoms. The number of nitrogens with two attached hydrogens (primary N) is 1. The van der Waals surface area contributed by atoms with E-state index in [1.807, 2.05) is 43.3 Å². The second-order valence-corrected chi connectivity index (χ2v) is 4.98. The monoisotopic (exact) mass is 284 g/mol. The minimum atomic E-state index is -0.0682. The lowest BCUT2D eigenvalue weighted by Crippen LogP contribution is -2.28. The fourth-order valence-electron chi connectivity index (χ4n) is 2.11. The molecule has 1 atom stereocenters. The van der Waals surface area contributed by atoms with Crippen LogP contribution in [0.25, 0.3) is 0 Å². The van der Waals surface area contributed by atoms with Crippen molar-refractivity contribution in [2.45, 2.75) is 19.4 Å². The summed E-state index contributed by atoms with van der Waals surface area (Å²) >= 11 is 0. The highest BCUT2D eigenvalue weighted by Crippen LogP contribution is 2.18. The molecule has 0 saturated heterocycles. The van der Waals surface area contributed by atoms with Gasteiger partial charge < -0.3 is 15.8 Å². The third-order valence-corrected chi connectivity index (χ3v) is 3.32. The number of hydrogen-bond acceptors (Lipinski definition) is 3. The van der Waals surface area contributed by atoms with Gasteiger partial charge in [-0.25, -0.2) is 0 Å². The Hall–Kier alpha value is -2.49. The van der Waals surface area contributed by atoms with Gasteiger partial charge in [0, 0.05) is 5.69 Å². The summed E-state index contributed by atoms with van der Waals surface area (Å²) in [4.78, 5) is 12.1. The summed E-state index contributed by atoms with van der Waals surface area (Å²) < 4.78 is 5.19. The van der Waals surface area contributed by atoms with Gasteiger partial charge >= 0.3 is 0 Å². The summed E-state index contributed by atoms with van der Waals surface area (Å²) in [5.41, 5.74) is 8.29. The molecular weight excluding hydrogens is 264 g/mol. The maximum Gasteiger partial charge on any atom is 0.224 e. The van der Waals surface area contributed by atoms with E-state index in [0.29, 0.717) is 12.1 Å². The number of ether oxygens (including phenoxy) is 1. The van der Waals surface area contributed by atoms with Gasteiger partial charge in [0.15, 0.2) is 0 Å². The molecule has 0 bridgehead atoms. The van der Waals surface area contributed by atoms with Crippen LogP contribution in [0.4, 0.5) is 5.69 Å².